The van der Waals surface area contributed by atoms with Crippen molar-refractivity contribution in [1.29, 1.82) is 5.26 Å². The zero-order valence-corrected chi connectivity index (χ0v) is 13.7. The fourth-order valence-electron chi connectivity index (χ4n) is 2.83. The molecule has 1 aromatic carbocycles. The lowest BCUT2D eigenvalue weighted by Crippen LogP contribution is -1.95. The Hall–Kier alpha value is -1.29. The highest BCUT2D eigenvalue weighted by atomic mass is 14.3. The molecule has 0 saturated heterocycles. The third-order valence-electron chi connectivity index (χ3n) is 4.20. The Balaban J connectivity index is 2.00. The van der Waals surface area contributed by atoms with Crippen LogP contribution in [0.5, 0.6) is 0 Å². The largest absolute Gasteiger partial charge is 0.198 e. The van der Waals surface area contributed by atoms with Crippen LogP contribution in [-0.2, 0) is 0 Å². The zero-order chi connectivity index (χ0) is 15.2. The van der Waals surface area contributed by atoms with Crippen molar-refractivity contribution in [2.75, 3.05) is 0 Å². The number of benzene rings is 1. The van der Waals surface area contributed by atoms with Gasteiger partial charge in [0.15, 0.2) is 0 Å². The molecular formula is C20H31N. The predicted molar refractivity (Wildman–Crippen MR) is 91.3 cm³/mol. The van der Waals surface area contributed by atoms with Gasteiger partial charge in [-0.25, -0.2) is 0 Å². The number of unbranched alkanes of at least 4 members (excludes halogenated alkanes) is 9. The number of hydrogen-bond donors (Lipinski definition) is 0. The van der Waals surface area contributed by atoms with Crippen molar-refractivity contribution in [1.82, 2.24) is 0 Å². The average molecular weight is 285 g/mol. The topological polar surface area (TPSA) is 23.8 Å². The third kappa shape index (κ3) is 8.56. The van der Waals surface area contributed by atoms with Gasteiger partial charge in [0.1, 0.15) is 0 Å². The van der Waals surface area contributed by atoms with Gasteiger partial charge < -0.3 is 0 Å². The normalized spacial score (nSPS) is 12.0. The summed E-state index contributed by atoms with van der Waals surface area (Å²) >= 11 is 0. The molecular weight excluding hydrogens is 254 g/mol. The van der Waals surface area contributed by atoms with Crippen LogP contribution in [0.25, 0.3) is 0 Å². The fraction of sp³-hybridized carbons (Fsp3) is 0.650. The fourth-order valence-corrected chi connectivity index (χ4v) is 2.83. The molecule has 1 heteroatoms. The van der Waals surface area contributed by atoms with Crippen LogP contribution >= 0.6 is 0 Å². The first-order valence-corrected chi connectivity index (χ1v) is 8.83. The highest BCUT2D eigenvalue weighted by Crippen LogP contribution is 2.22. The lowest BCUT2D eigenvalue weighted by Gasteiger charge is -2.09. The smallest absolute Gasteiger partial charge is 0.0712 e. The standard InChI is InChI=1S/C20H31N/c1-2-3-4-5-6-7-8-9-10-12-17-20(18-21)19-15-13-11-14-16-19/h11,13-16,20H,2-10,12,17H2,1H3/t20-/m1/s1. The van der Waals surface area contributed by atoms with E-state index in [2.05, 4.69) is 25.1 Å². The van der Waals surface area contributed by atoms with E-state index in [0.29, 0.717) is 0 Å². The van der Waals surface area contributed by atoms with Crippen molar-refractivity contribution in [3.8, 4) is 6.07 Å². The van der Waals surface area contributed by atoms with Crippen LogP contribution in [0.2, 0.25) is 0 Å². The molecule has 0 unspecified atom stereocenters. The minimum absolute atomic E-state index is 0.0836. The van der Waals surface area contributed by atoms with Gasteiger partial charge in [-0.05, 0) is 12.0 Å². The van der Waals surface area contributed by atoms with Crippen LogP contribution in [0.15, 0.2) is 30.3 Å². The van der Waals surface area contributed by atoms with Crippen LogP contribution in [0, 0.1) is 11.3 Å². The summed E-state index contributed by atoms with van der Waals surface area (Å²) in [7, 11) is 0. The van der Waals surface area contributed by atoms with E-state index in [9.17, 15) is 5.26 Å². The molecule has 0 heterocycles. The molecule has 0 aliphatic carbocycles. The first-order chi connectivity index (χ1) is 10.4. The van der Waals surface area contributed by atoms with Crippen molar-refractivity contribution in [3.05, 3.63) is 35.9 Å². The first-order valence-electron chi connectivity index (χ1n) is 8.83. The van der Waals surface area contributed by atoms with E-state index in [1.807, 2.05) is 18.2 Å². The molecule has 1 nitrogen and oxygen atoms in total. The average Bonchev–Trinajstić information content (AvgIpc) is 2.54. The number of rotatable bonds is 12. The molecule has 0 N–H and O–H groups in total. The van der Waals surface area contributed by atoms with Crippen LogP contribution in [0.4, 0.5) is 0 Å². The Morgan fingerprint density at radius 2 is 1.33 bits per heavy atom. The molecule has 1 aromatic rings. The summed E-state index contributed by atoms with van der Waals surface area (Å²) < 4.78 is 0. The van der Waals surface area contributed by atoms with Gasteiger partial charge in [0.05, 0.1) is 12.0 Å². The second-order valence-electron chi connectivity index (χ2n) is 6.06. The van der Waals surface area contributed by atoms with E-state index in [4.69, 9.17) is 0 Å². The molecule has 21 heavy (non-hydrogen) atoms. The molecule has 0 aromatic heterocycles. The summed E-state index contributed by atoms with van der Waals surface area (Å²) in [6.45, 7) is 2.27. The van der Waals surface area contributed by atoms with Gasteiger partial charge in [-0.1, -0.05) is 101 Å². The zero-order valence-electron chi connectivity index (χ0n) is 13.7. The minimum Gasteiger partial charge on any atom is -0.198 e. The van der Waals surface area contributed by atoms with Gasteiger partial charge in [-0.2, -0.15) is 5.26 Å². The van der Waals surface area contributed by atoms with Gasteiger partial charge in [0, 0.05) is 0 Å². The molecule has 116 valence electrons. The van der Waals surface area contributed by atoms with Crippen molar-refractivity contribution in [2.24, 2.45) is 0 Å². The van der Waals surface area contributed by atoms with E-state index in [1.165, 1.54) is 69.8 Å². The van der Waals surface area contributed by atoms with Crippen molar-refractivity contribution >= 4 is 0 Å². The highest BCUT2D eigenvalue weighted by Gasteiger charge is 2.08. The van der Waals surface area contributed by atoms with Gasteiger partial charge in [0.25, 0.3) is 0 Å². The minimum atomic E-state index is 0.0836. The first kappa shape index (κ1) is 17.8. The summed E-state index contributed by atoms with van der Waals surface area (Å²) in [6.07, 6.45) is 14.5. The van der Waals surface area contributed by atoms with Crippen LogP contribution in [-0.4, -0.2) is 0 Å². The molecule has 0 fully saturated rings. The Morgan fingerprint density at radius 3 is 1.86 bits per heavy atom. The summed E-state index contributed by atoms with van der Waals surface area (Å²) in [6, 6.07) is 12.7. The Labute approximate surface area is 131 Å². The molecule has 1 atom stereocenters. The van der Waals surface area contributed by atoms with E-state index in [1.54, 1.807) is 0 Å². The van der Waals surface area contributed by atoms with Crippen LogP contribution in [0.3, 0.4) is 0 Å². The monoisotopic (exact) mass is 285 g/mol. The molecule has 0 saturated carbocycles. The second kappa shape index (κ2) is 12.5. The van der Waals surface area contributed by atoms with Crippen LogP contribution < -0.4 is 0 Å². The molecule has 0 radical (unpaired) electrons. The predicted octanol–water partition coefficient (Wildman–Crippen LogP) is 6.60. The van der Waals surface area contributed by atoms with Crippen molar-refractivity contribution < 1.29 is 0 Å². The SMILES string of the molecule is CCCCCCCCCCCC[C@H](C#N)c1ccccc1. The maximum atomic E-state index is 9.27. The molecule has 0 amide bonds. The second-order valence-corrected chi connectivity index (χ2v) is 6.06. The summed E-state index contributed by atoms with van der Waals surface area (Å²) in [5.74, 6) is 0.0836. The van der Waals surface area contributed by atoms with E-state index < -0.39 is 0 Å². The molecule has 1 rings (SSSR count). The van der Waals surface area contributed by atoms with E-state index >= 15 is 0 Å². The highest BCUT2D eigenvalue weighted by molar-refractivity contribution is 5.24. The van der Waals surface area contributed by atoms with Crippen molar-refractivity contribution in [3.63, 3.8) is 0 Å². The number of nitrogens with zero attached hydrogens (tertiary/aromatic N) is 1. The molecule has 0 bridgehead atoms. The maximum Gasteiger partial charge on any atom is 0.0712 e. The van der Waals surface area contributed by atoms with Gasteiger partial charge >= 0.3 is 0 Å². The lowest BCUT2D eigenvalue weighted by molar-refractivity contribution is 0.544. The van der Waals surface area contributed by atoms with Crippen molar-refractivity contribution in [2.45, 2.75) is 83.5 Å². The quantitative estimate of drug-likeness (QED) is 0.397. The van der Waals surface area contributed by atoms with Gasteiger partial charge in [-0.3, -0.25) is 0 Å². The van der Waals surface area contributed by atoms with E-state index in [0.717, 1.165) is 6.42 Å². The maximum absolute atomic E-state index is 9.27. The summed E-state index contributed by atoms with van der Waals surface area (Å²) in [5, 5.41) is 9.27. The number of nitriles is 1. The molecule has 0 aliphatic rings. The van der Waals surface area contributed by atoms with Gasteiger partial charge in [0.2, 0.25) is 0 Å². The summed E-state index contributed by atoms with van der Waals surface area (Å²) in [5.41, 5.74) is 1.18. The third-order valence-corrected chi connectivity index (χ3v) is 4.20. The Kier molecular flexibility index (Phi) is 10.5. The Bertz CT molecular complexity index is 377. The van der Waals surface area contributed by atoms with E-state index in [-0.39, 0.29) is 5.92 Å². The number of hydrogen-bond acceptors (Lipinski definition) is 1. The Morgan fingerprint density at radius 1 is 0.810 bits per heavy atom. The van der Waals surface area contributed by atoms with Gasteiger partial charge in [-0.15, -0.1) is 0 Å². The summed E-state index contributed by atoms with van der Waals surface area (Å²) in [4.78, 5) is 0. The molecule has 0 spiro atoms. The lowest BCUT2D eigenvalue weighted by atomic mass is 9.94. The molecule has 0 aliphatic heterocycles. The van der Waals surface area contributed by atoms with Crippen LogP contribution in [0.1, 0.15) is 89.0 Å².